The maximum absolute atomic E-state index is 9.69. The molecule has 2 heteroatoms. The molecule has 0 radical (unpaired) electrons. The third-order valence-corrected chi connectivity index (χ3v) is 3.09. The first-order valence-corrected chi connectivity index (χ1v) is 3.99. The summed E-state index contributed by atoms with van der Waals surface area (Å²) in [6.07, 6.45) is 3.55. The first kappa shape index (κ1) is 6.62. The molecule has 0 aromatic carbocycles. The monoisotopic (exact) mass is 142 g/mol. The van der Waals surface area contributed by atoms with Crippen molar-refractivity contribution in [2.75, 3.05) is 0 Å². The average molecular weight is 142 g/mol. The summed E-state index contributed by atoms with van der Waals surface area (Å²) in [6, 6.07) is 0. The fraction of sp³-hybridized carbons (Fsp3) is 1.00. The van der Waals surface area contributed by atoms with E-state index >= 15 is 0 Å². The standard InChI is InChI=1S/C8H14O2/c1-7(9)3-2-4-8(10)5-6(7)8/h6,9-10H,2-5H2,1H3. The fourth-order valence-electron chi connectivity index (χ4n) is 2.30. The minimum atomic E-state index is -0.576. The minimum Gasteiger partial charge on any atom is -0.390 e. The molecule has 10 heavy (non-hydrogen) atoms. The van der Waals surface area contributed by atoms with Gasteiger partial charge in [0.2, 0.25) is 0 Å². The fourth-order valence-corrected chi connectivity index (χ4v) is 2.30. The van der Waals surface area contributed by atoms with E-state index in [1.165, 1.54) is 0 Å². The lowest BCUT2D eigenvalue weighted by Gasteiger charge is -2.30. The van der Waals surface area contributed by atoms with Gasteiger partial charge in [-0.1, -0.05) is 0 Å². The van der Waals surface area contributed by atoms with Gasteiger partial charge in [0.15, 0.2) is 0 Å². The van der Waals surface area contributed by atoms with E-state index in [4.69, 9.17) is 0 Å². The Balaban J connectivity index is 2.16. The van der Waals surface area contributed by atoms with E-state index in [1.54, 1.807) is 0 Å². The number of aliphatic hydroxyl groups is 2. The molecule has 2 saturated carbocycles. The van der Waals surface area contributed by atoms with Crippen LogP contribution in [0.5, 0.6) is 0 Å². The summed E-state index contributed by atoms with van der Waals surface area (Å²) in [5, 5.41) is 19.3. The Morgan fingerprint density at radius 3 is 2.50 bits per heavy atom. The predicted molar refractivity (Wildman–Crippen MR) is 37.5 cm³/mol. The maximum atomic E-state index is 9.69. The molecule has 2 aliphatic rings. The maximum Gasteiger partial charge on any atom is 0.0709 e. The van der Waals surface area contributed by atoms with Crippen molar-refractivity contribution < 1.29 is 10.2 Å². The first-order chi connectivity index (χ1) is 4.55. The molecule has 0 aliphatic heterocycles. The van der Waals surface area contributed by atoms with Gasteiger partial charge in [-0.25, -0.2) is 0 Å². The van der Waals surface area contributed by atoms with Gasteiger partial charge in [-0.2, -0.15) is 0 Å². The Bertz CT molecular complexity index is 165. The van der Waals surface area contributed by atoms with Crippen LogP contribution in [0.2, 0.25) is 0 Å². The van der Waals surface area contributed by atoms with Crippen LogP contribution in [0.15, 0.2) is 0 Å². The molecule has 0 bridgehead atoms. The zero-order valence-corrected chi connectivity index (χ0v) is 6.30. The van der Waals surface area contributed by atoms with Crippen LogP contribution in [0.25, 0.3) is 0 Å². The molecule has 2 nitrogen and oxygen atoms in total. The SMILES string of the molecule is CC1(O)CCCC2(O)CC12. The van der Waals surface area contributed by atoms with Gasteiger partial charge >= 0.3 is 0 Å². The lowest BCUT2D eigenvalue weighted by molar-refractivity contribution is -0.0380. The van der Waals surface area contributed by atoms with Crippen LogP contribution >= 0.6 is 0 Å². The Kier molecular flexibility index (Phi) is 1.03. The zero-order chi connectivity index (χ0) is 7.41. The van der Waals surface area contributed by atoms with Crippen LogP contribution in [-0.2, 0) is 0 Å². The van der Waals surface area contributed by atoms with Crippen molar-refractivity contribution in [1.29, 1.82) is 0 Å². The van der Waals surface area contributed by atoms with Gasteiger partial charge in [-0.15, -0.1) is 0 Å². The van der Waals surface area contributed by atoms with Crippen molar-refractivity contribution in [3.63, 3.8) is 0 Å². The second-order valence-corrected chi connectivity index (χ2v) is 4.07. The van der Waals surface area contributed by atoms with Crippen molar-refractivity contribution in [1.82, 2.24) is 0 Å². The lowest BCUT2D eigenvalue weighted by atomic mass is 9.85. The van der Waals surface area contributed by atoms with Gasteiger partial charge < -0.3 is 10.2 Å². The third kappa shape index (κ3) is 0.722. The van der Waals surface area contributed by atoms with Crippen molar-refractivity contribution in [3.05, 3.63) is 0 Å². The number of hydrogen-bond acceptors (Lipinski definition) is 2. The molecule has 0 aromatic heterocycles. The molecule has 58 valence electrons. The van der Waals surface area contributed by atoms with E-state index in [2.05, 4.69) is 0 Å². The average Bonchev–Trinajstić information content (AvgIpc) is 2.41. The summed E-state index contributed by atoms with van der Waals surface area (Å²) in [4.78, 5) is 0. The van der Waals surface area contributed by atoms with E-state index in [9.17, 15) is 10.2 Å². The van der Waals surface area contributed by atoms with Crippen LogP contribution in [-0.4, -0.2) is 21.4 Å². The second-order valence-electron chi connectivity index (χ2n) is 4.07. The molecular weight excluding hydrogens is 128 g/mol. The Labute approximate surface area is 60.9 Å². The summed E-state index contributed by atoms with van der Waals surface area (Å²) in [5.41, 5.74) is -1.05. The van der Waals surface area contributed by atoms with E-state index in [0.717, 1.165) is 25.7 Å². The highest BCUT2D eigenvalue weighted by atomic mass is 16.3. The topological polar surface area (TPSA) is 40.5 Å². The van der Waals surface area contributed by atoms with Gasteiger partial charge in [0, 0.05) is 5.92 Å². The van der Waals surface area contributed by atoms with E-state index in [1.807, 2.05) is 6.92 Å². The molecule has 2 N–H and O–H groups in total. The zero-order valence-electron chi connectivity index (χ0n) is 6.30. The molecular formula is C8H14O2. The van der Waals surface area contributed by atoms with Crippen molar-refractivity contribution in [2.24, 2.45) is 5.92 Å². The molecule has 3 unspecified atom stereocenters. The molecule has 0 saturated heterocycles. The molecule has 0 aromatic rings. The Morgan fingerprint density at radius 2 is 2.00 bits per heavy atom. The van der Waals surface area contributed by atoms with Gasteiger partial charge in [0.05, 0.1) is 11.2 Å². The smallest absolute Gasteiger partial charge is 0.0709 e. The van der Waals surface area contributed by atoms with Crippen LogP contribution < -0.4 is 0 Å². The Hall–Kier alpha value is -0.0800. The van der Waals surface area contributed by atoms with Crippen LogP contribution in [0.4, 0.5) is 0 Å². The predicted octanol–water partition coefficient (Wildman–Crippen LogP) is 0.672. The Morgan fingerprint density at radius 1 is 1.30 bits per heavy atom. The molecule has 0 amide bonds. The van der Waals surface area contributed by atoms with Gasteiger partial charge in [0.25, 0.3) is 0 Å². The van der Waals surface area contributed by atoms with Gasteiger partial charge in [0.1, 0.15) is 0 Å². The molecule has 2 aliphatic carbocycles. The number of hydrogen-bond donors (Lipinski definition) is 2. The second kappa shape index (κ2) is 1.56. The van der Waals surface area contributed by atoms with Gasteiger partial charge in [-0.3, -0.25) is 0 Å². The van der Waals surface area contributed by atoms with Crippen molar-refractivity contribution in [3.8, 4) is 0 Å². The quantitative estimate of drug-likeness (QED) is 0.522. The molecule has 0 spiro atoms. The summed E-state index contributed by atoms with van der Waals surface area (Å²) in [5.74, 6) is 0.175. The van der Waals surface area contributed by atoms with Crippen molar-refractivity contribution >= 4 is 0 Å². The summed E-state index contributed by atoms with van der Waals surface area (Å²) >= 11 is 0. The lowest BCUT2D eigenvalue weighted by Crippen LogP contribution is -2.36. The largest absolute Gasteiger partial charge is 0.390 e. The third-order valence-electron chi connectivity index (χ3n) is 3.09. The highest BCUT2D eigenvalue weighted by Crippen LogP contribution is 2.57. The molecule has 2 fully saturated rings. The summed E-state index contributed by atoms with van der Waals surface area (Å²) < 4.78 is 0. The normalized spacial score (nSPS) is 59.7. The van der Waals surface area contributed by atoms with Crippen LogP contribution in [0.3, 0.4) is 0 Å². The van der Waals surface area contributed by atoms with Crippen molar-refractivity contribution in [2.45, 2.75) is 43.8 Å². The molecule has 3 atom stereocenters. The first-order valence-electron chi connectivity index (χ1n) is 3.99. The van der Waals surface area contributed by atoms with Crippen LogP contribution in [0, 0.1) is 5.92 Å². The highest BCUT2D eigenvalue weighted by molar-refractivity contribution is 5.13. The van der Waals surface area contributed by atoms with Crippen LogP contribution in [0.1, 0.15) is 32.6 Å². The summed E-state index contributed by atoms with van der Waals surface area (Å²) in [7, 11) is 0. The molecule has 2 rings (SSSR count). The minimum absolute atomic E-state index is 0.175. The van der Waals surface area contributed by atoms with Gasteiger partial charge in [-0.05, 0) is 32.6 Å². The summed E-state index contributed by atoms with van der Waals surface area (Å²) in [6.45, 7) is 1.84. The number of rotatable bonds is 0. The van der Waals surface area contributed by atoms with E-state index in [-0.39, 0.29) is 5.92 Å². The molecule has 0 heterocycles. The van der Waals surface area contributed by atoms with E-state index in [0.29, 0.717) is 0 Å². The van der Waals surface area contributed by atoms with E-state index < -0.39 is 11.2 Å². The highest BCUT2D eigenvalue weighted by Gasteiger charge is 2.62. The number of fused-ring (bicyclic) bond motifs is 1.